The van der Waals surface area contributed by atoms with E-state index in [9.17, 15) is 0 Å². The highest BCUT2D eigenvalue weighted by Gasteiger charge is 2.33. The first kappa shape index (κ1) is 23.9. The molecule has 0 aliphatic heterocycles. The number of rotatable bonds is 18. The van der Waals surface area contributed by atoms with Crippen LogP contribution >= 0.6 is 0 Å². The average Bonchev–Trinajstić information content (AvgIpc) is 2.61. The zero-order valence-corrected chi connectivity index (χ0v) is 17.3. The molecule has 24 heavy (non-hydrogen) atoms. The Kier molecular flexibility index (Phi) is 16.3. The van der Waals surface area contributed by atoms with Crippen LogP contribution in [0.2, 0.25) is 0 Å². The van der Waals surface area contributed by atoms with Crippen molar-refractivity contribution in [2.24, 2.45) is 5.92 Å². The Morgan fingerprint density at radius 3 is 1.79 bits per heavy atom. The smallest absolute Gasteiger partial charge is 0.167 e. The summed E-state index contributed by atoms with van der Waals surface area (Å²) in [6, 6.07) is 0. The lowest BCUT2D eigenvalue weighted by atomic mass is 9.88. The van der Waals surface area contributed by atoms with Crippen LogP contribution in [-0.2, 0) is 9.47 Å². The van der Waals surface area contributed by atoms with Crippen molar-refractivity contribution in [3.05, 3.63) is 0 Å². The molecule has 1 atom stereocenters. The van der Waals surface area contributed by atoms with Crippen LogP contribution in [0, 0.1) is 5.92 Å². The predicted molar refractivity (Wildman–Crippen MR) is 106 cm³/mol. The summed E-state index contributed by atoms with van der Waals surface area (Å²) in [6.07, 6.45) is 15.6. The largest absolute Gasteiger partial charge is 0.353 e. The summed E-state index contributed by atoms with van der Waals surface area (Å²) in [5.74, 6) is 0.0632. The van der Waals surface area contributed by atoms with E-state index >= 15 is 0 Å². The molecular formula is C21H45NO2. The van der Waals surface area contributed by atoms with Crippen LogP contribution in [0.3, 0.4) is 0 Å². The van der Waals surface area contributed by atoms with Crippen LogP contribution in [0.4, 0.5) is 0 Å². The second kappa shape index (κ2) is 16.4. The minimum Gasteiger partial charge on any atom is -0.353 e. The molecule has 0 heterocycles. The van der Waals surface area contributed by atoms with Gasteiger partial charge in [0.25, 0.3) is 0 Å². The van der Waals surface area contributed by atoms with Crippen molar-refractivity contribution < 1.29 is 9.47 Å². The first-order chi connectivity index (χ1) is 11.6. The van der Waals surface area contributed by atoms with Gasteiger partial charge in [0.15, 0.2) is 5.79 Å². The molecule has 0 fully saturated rings. The van der Waals surface area contributed by atoms with Gasteiger partial charge in [-0.15, -0.1) is 0 Å². The number of unbranched alkanes of at least 4 members (excludes halogenated alkanes) is 7. The molecule has 3 heteroatoms. The van der Waals surface area contributed by atoms with Gasteiger partial charge in [-0.3, -0.25) is 0 Å². The lowest BCUT2D eigenvalue weighted by Crippen LogP contribution is -2.39. The normalized spacial score (nSPS) is 13.4. The predicted octanol–water partition coefficient (Wildman–Crippen LogP) is 5.92. The summed E-state index contributed by atoms with van der Waals surface area (Å²) in [7, 11) is 3.56. The second-order valence-electron chi connectivity index (χ2n) is 7.28. The molecule has 0 spiro atoms. The van der Waals surface area contributed by atoms with Crippen LogP contribution in [-0.4, -0.2) is 33.1 Å². The fourth-order valence-electron chi connectivity index (χ4n) is 3.32. The Morgan fingerprint density at radius 2 is 1.21 bits per heavy atom. The first-order valence-corrected chi connectivity index (χ1v) is 10.5. The van der Waals surface area contributed by atoms with Gasteiger partial charge < -0.3 is 14.8 Å². The minimum absolute atomic E-state index is 0.431. The third-order valence-electron chi connectivity index (χ3n) is 5.32. The highest BCUT2D eigenvalue weighted by molar-refractivity contribution is 4.75. The van der Waals surface area contributed by atoms with Gasteiger partial charge in [-0.05, 0) is 45.7 Å². The van der Waals surface area contributed by atoms with E-state index < -0.39 is 5.79 Å². The zero-order valence-electron chi connectivity index (χ0n) is 17.3. The SMILES string of the molecule is CCCCCCCCC(CCCCNCCCC)C(C)(OC)OC. The van der Waals surface area contributed by atoms with Crippen molar-refractivity contribution in [3.63, 3.8) is 0 Å². The molecule has 0 saturated carbocycles. The Labute approximate surface area is 152 Å². The van der Waals surface area contributed by atoms with Gasteiger partial charge in [-0.1, -0.05) is 65.2 Å². The third kappa shape index (κ3) is 11.4. The maximum Gasteiger partial charge on any atom is 0.167 e. The molecule has 3 nitrogen and oxygen atoms in total. The molecule has 0 aliphatic carbocycles. The standard InChI is InChI=1S/C21H45NO2/c1-6-8-10-11-12-13-16-20(21(3,23-4)24-5)17-14-15-19-22-18-9-7-2/h20,22H,6-19H2,1-5H3. The van der Waals surface area contributed by atoms with Crippen LogP contribution in [0.1, 0.15) is 97.8 Å². The van der Waals surface area contributed by atoms with Crippen molar-refractivity contribution in [2.75, 3.05) is 27.3 Å². The number of nitrogens with one attached hydrogen (secondary N) is 1. The summed E-state index contributed by atoms with van der Waals surface area (Å²) >= 11 is 0. The zero-order chi connectivity index (χ0) is 18.1. The topological polar surface area (TPSA) is 30.5 Å². The summed E-state index contributed by atoms with van der Waals surface area (Å²) < 4.78 is 11.4. The van der Waals surface area contributed by atoms with Gasteiger partial charge in [0.2, 0.25) is 0 Å². The number of hydrogen-bond acceptors (Lipinski definition) is 3. The Morgan fingerprint density at radius 1 is 0.708 bits per heavy atom. The summed E-state index contributed by atoms with van der Waals surface area (Å²) in [5.41, 5.74) is 0. The molecule has 0 aromatic carbocycles. The lowest BCUT2D eigenvalue weighted by Gasteiger charge is -2.35. The van der Waals surface area contributed by atoms with Gasteiger partial charge >= 0.3 is 0 Å². The van der Waals surface area contributed by atoms with E-state index in [1.54, 1.807) is 14.2 Å². The fourth-order valence-corrected chi connectivity index (χ4v) is 3.32. The Balaban J connectivity index is 4.06. The molecule has 0 radical (unpaired) electrons. The molecule has 146 valence electrons. The number of ether oxygens (including phenoxy) is 2. The quantitative estimate of drug-likeness (QED) is 0.247. The van der Waals surface area contributed by atoms with E-state index in [1.807, 2.05) is 0 Å². The molecule has 0 amide bonds. The Hall–Kier alpha value is -0.120. The Bertz CT molecular complexity index is 254. The molecule has 0 aromatic rings. The summed E-state index contributed by atoms with van der Waals surface area (Å²) in [4.78, 5) is 0. The van der Waals surface area contributed by atoms with Gasteiger partial charge in [-0.2, -0.15) is 0 Å². The second-order valence-corrected chi connectivity index (χ2v) is 7.28. The van der Waals surface area contributed by atoms with Gasteiger partial charge in [0, 0.05) is 20.1 Å². The fraction of sp³-hybridized carbons (Fsp3) is 1.00. The maximum atomic E-state index is 5.72. The van der Waals surface area contributed by atoms with Crippen LogP contribution < -0.4 is 5.32 Å². The third-order valence-corrected chi connectivity index (χ3v) is 5.32. The van der Waals surface area contributed by atoms with Crippen molar-refractivity contribution in [1.29, 1.82) is 0 Å². The van der Waals surface area contributed by atoms with Gasteiger partial charge in [-0.25, -0.2) is 0 Å². The van der Waals surface area contributed by atoms with Gasteiger partial charge in [0.1, 0.15) is 0 Å². The molecule has 0 bridgehead atoms. The van der Waals surface area contributed by atoms with Gasteiger partial charge in [0.05, 0.1) is 0 Å². The van der Waals surface area contributed by atoms with Crippen LogP contribution in [0.5, 0.6) is 0 Å². The monoisotopic (exact) mass is 343 g/mol. The van der Waals surface area contributed by atoms with Crippen LogP contribution in [0.25, 0.3) is 0 Å². The van der Waals surface area contributed by atoms with E-state index in [4.69, 9.17) is 9.47 Å². The molecule has 0 aliphatic rings. The average molecular weight is 344 g/mol. The van der Waals surface area contributed by atoms with E-state index in [0.29, 0.717) is 5.92 Å². The highest BCUT2D eigenvalue weighted by Crippen LogP contribution is 2.31. The van der Waals surface area contributed by atoms with E-state index in [-0.39, 0.29) is 0 Å². The van der Waals surface area contributed by atoms with E-state index in [0.717, 1.165) is 13.1 Å². The maximum absolute atomic E-state index is 5.72. The minimum atomic E-state index is -0.431. The molecule has 0 rings (SSSR count). The van der Waals surface area contributed by atoms with Crippen LogP contribution in [0.15, 0.2) is 0 Å². The van der Waals surface area contributed by atoms with E-state index in [1.165, 1.54) is 77.0 Å². The van der Waals surface area contributed by atoms with Crippen molar-refractivity contribution in [2.45, 2.75) is 104 Å². The first-order valence-electron chi connectivity index (χ1n) is 10.5. The molecule has 0 saturated heterocycles. The van der Waals surface area contributed by atoms with Crippen molar-refractivity contribution >= 4 is 0 Å². The molecule has 1 unspecified atom stereocenters. The van der Waals surface area contributed by atoms with Crippen molar-refractivity contribution in [3.8, 4) is 0 Å². The lowest BCUT2D eigenvalue weighted by molar-refractivity contribution is -0.230. The summed E-state index contributed by atoms with van der Waals surface area (Å²) in [6.45, 7) is 8.92. The van der Waals surface area contributed by atoms with Crippen molar-refractivity contribution in [1.82, 2.24) is 5.32 Å². The molecule has 0 aromatic heterocycles. The van der Waals surface area contributed by atoms with E-state index in [2.05, 4.69) is 26.1 Å². The number of methoxy groups -OCH3 is 2. The molecule has 1 N–H and O–H groups in total. The summed E-state index contributed by atoms with van der Waals surface area (Å²) in [5, 5.41) is 3.54. The molecular weight excluding hydrogens is 298 g/mol. The highest BCUT2D eigenvalue weighted by atomic mass is 16.7. The number of hydrogen-bond donors (Lipinski definition) is 1.